The Balaban J connectivity index is 1.37. The molecule has 1 saturated carbocycles. The molecule has 0 unspecified atom stereocenters. The monoisotopic (exact) mass is 530 g/mol. The molecular weight excluding hydrogens is 504 g/mol. The molecule has 1 aliphatic heterocycles. The maximum absolute atomic E-state index is 13.6. The largest absolute Gasteiger partial charge is 0.491 e. The molecule has 0 spiro atoms. The summed E-state index contributed by atoms with van der Waals surface area (Å²) in [6, 6.07) is 15.6. The summed E-state index contributed by atoms with van der Waals surface area (Å²) in [5.41, 5.74) is 2.23. The molecule has 0 N–H and O–H groups in total. The van der Waals surface area contributed by atoms with Gasteiger partial charge < -0.3 is 9.64 Å². The van der Waals surface area contributed by atoms with E-state index < -0.39 is 10.0 Å². The molecule has 2 aliphatic rings. The Hall–Kier alpha value is -2.39. The van der Waals surface area contributed by atoms with E-state index in [4.69, 9.17) is 16.3 Å². The molecular formula is C26H27ClN2O4S2. The number of amides is 1. The number of nitrogens with zero attached hydrogens (tertiary/aromatic N) is 2. The van der Waals surface area contributed by atoms with Gasteiger partial charge in [0, 0.05) is 22.5 Å². The summed E-state index contributed by atoms with van der Waals surface area (Å²) in [5, 5.41) is 2.51. The molecule has 1 aliphatic carbocycles. The second kappa shape index (κ2) is 9.93. The number of benzene rings is 2. The summed E-state index contributed by atoms with van der Waals surface area (Å²) in [5.74, 6) is 0.541. The van der Waals surface area contributed by atoms with Gasteiger partial charge in [0.2, 0.25) is 15.9 Å². The van der Waals surface area contributed by atoms with Gasteiger partial charge in [-0.25, -0.2) is 8.42 Å². The van der Waals surface area contributed by atoms with E-state index in [1.54, 1.807) is 28.4 Å². The maximum atomic E-state index is 13.6. The minimum atomic E-state index is -3.82. The van der Waals surface area contributed by atoms with Crippen LogP contribution < -0.4 is 4.74 Å². The summed E-state index contributed by atoms with van der Waals surface area (Å²) in [7, 11) is -3.82. The van der Waals surface area contributed by atoms with Crippen LogP contribution in [-0.2, 0) is 21.2 Å². The zero-order valence-electron chi connectivity index (χ0n) is 19.4. The Bertz CT molecular complexity index is 1300. The SMILES string of the molecule is Cc1ccc(OC[C@H]2c3ccsc3CCN2C(=O)CN(C2CC2)S(=O)(=O)c2ccc(Cl)cc2)cc1. The van der Waals surface area contributed by atoms with Crippen molar-refractivity contribution in [2.75, 3.05) is 19.7 Å². The average molecular weight is 531 g/mol. The molecule has 0 bridgehead atoms. The van der Waals surface area contributed by atoms with Crippen LogP contribution in [0.5, 0.6) is 5.75 Å². The van der Waals surface area contributed by atoms with E-state index >= 15 is 0 Å². The van der Waals surface area contributed by atoms with Crippen LogP contribution in [0.3, 0.4) is 0 Å². The van der Waals surface area contributed by atoms with Crippen LogP contribution in [0, 0.1) is 6.92 Å². The van der Waals surface area contributed by atoms with Gasteiger partial charge in [0.05, 0.1) is 17.5 Å². The molecule has 2 heterocycles. The second-order valence-corrected chi connectivity index (χ2v) is 12.3. The van der Waals surface area contributed by atoms with Gasteiger partial charge in [-0.05, 0) is 79.6 Å². The van der Waals surface area contributed by atoms with E-state index in [9.17, 15) is 13.2 Å². The number of rotatable bonds is 8. The molecule has 35 heavy (non-hydrogen) atoms. The smallest absolute Gasteiger partial charge is 0.243 e. The zero-order chi connectivity index (χ0) is 24.6. The Labute approximate surface area is 215 Å². The third-order valence-electron chi connectivity index (χ3n) is 6.51. The average Bonchev–Trinajstić information content (AvgIpc) is 3.57. The van der Waals surface area contributed by atoms with Crippen molar-refractivity contribution in [2.45, 2.75) is 43.2 Å². The van der Waals surface area contributed by atoms with Crippen molar-refractivity contribution in [3.63, 3.8) is 0 Å². The molecule has 1 aromatic heterocycles. The van der Waals surface area contributed by atoms with Crippen molar-refractivity contribution in [1.82, 2.24) is 9.21 Å². The number of aryl methyl sites for hydroxylation is 1. The molecule has 6 nitrogen and oxygen atoms in total. The quantitative estimate of drug-likeness (QED) is 0.408. The highest BCUT2D eigenvalue weighted by Gasteiger charge is 2.41. The molecule has 5 rings (SSSR count). The second-order valence-electron chi connectivity index (χ2n) is 9.01. The van der Waals surface area contributed by atoms with Crippen LogP contribution in [0.15, 0.2) is 64.9 Å². The van der Waals surface area contributed by atoms with E-state index in [0.29, 0.717) is 18.2 Å². The molecule has 1 atom stereocenters. The number of fused-ring (bicyclic) bond motifs is 1. The summed E-state index contributed by atoms with van der Waals surface area (Å²) >= 11 is 7.64. The Kier molecular flexibility index (Phi) is 6.90. The van der Waals surface area contributed by atoms with Gasteiger partial charge >= 0.3 is 0 Å². The summed E-state index contributed by atoms with van der Waals surface area (Å²) in [6.07, 6.45) is 2.27. The third-order valence-corrected chi connectivity index (χ3v) is 9.67. The predicted octanol–water partition coefficient (Wildman–Crippen LogP) is 5.07. The fraction of sp³-hybridized carbons (Fsp3) is 0.346. The molecule has 0 saturated heterocycles. The van der Waals surface area contributed by atoms with E-state index in [1.165, 1.54) is 21.3 Å². The molecule has 2 aromatic carbocycles. The number of carbonyl (C=O) groups excluding carboxylic acids is 1. The van der Waals surface area contributed by atoms with Crippen molar-refractivity contribution >= 4 is 38.9 Å². The highest BCUT2D eigenvalue weighted by atomic mass is 35.5. The number of hydrogen-bond acceptors (Lipinski definition) is 5. The van der Waals surface area contributed by atoms with Crippen molar-refractivity contribution < 1.29 is 17.9 Å². The lowest BCUT2D eigenvalue weighted by Gasteiger charge is -2.37. The van der Waals surface area contributed by atoms with Crippen molar-refractivity contribution in [1.29, 1.82) is 0 Å². The highest BCUT2D eigenvalue weighted by Crippen LogP contribution is 2.36. The molecule has 3 aromatic rings. The Morgan fingerprint density at radius 2 is 1.83 bits per heavy atom. The minimum absolute atomic E-state index is 0.150. The maximum Gasteiger partial charge on any atom is 0.243 e. The summed E-state index contributed by atoms with van der Waals surface area (Å²) < 4.78 is 34.3. The Morgan fingerprint density at radius 3 is 2.51 bits per heavy atom. The lowest BCUT2D eigenvalue weighted by molar-refractivity contribution is -0.135. The standard InChI is InChI=1S/C26H27ClN2O4S2/c1-18-2-8-21(9-3-18)33-17-24-23-13-15-34-25(23)12-14-28(24)26(30)16-29(20-6-7-20)35(31,32)22-10-4-19(27)5-11-22/h2-5,8-11,13,15,20,24H,6-7,12,14,16-17H2,1H3/t24-/m0/s1. The van der Waals surface area contributed by atoms with Crippen molar-refractivity contribution in [3.8, 4) is 5.75 Å². The van der Waals surface area contributed by atoms with Gasteiger partial charge in [-0.2, -0.15) is 4.31 Å². The molecule has 1 fully saturated rings. The summed E-state index contributed by atoms with van der Waals surface area (Å²) in [6.45, 7) is 2.68. The first-order chi connectivity index (χ1) is 16.8. The number of sulfonamides is 1. The molecule has 0 radical (unpaired) electrons. The van der Waals surface area contributed by atoms with Gasteiger partial charge in [-0.15, -0.1) is 11.3 Å². The van der Waals surface area contributed by atoms with Crippen molar-refractivity contribution in [3.05, 3.63) is 81.0 Å². The van der Waals surface area contributed by atoms with Gasteiger partial charge in [-0.1, -0.05) is 29.3 Å². The normalized spacial score (nSPS) is 17.9. The molecule has 184 valence electrons. The van der Waals surface area contributed by atoms with E-state index in [2.05, 4.69) is 0 Å². The number of hydrogen-bond donors (Lipinski definition) is 0. The lowest BCUT2D eigenvalue weighted by Crippen LogP contribution is -2.48. The first-order valence-corrected chi connectivity index (χ1v) is 14.4. The molecule has 1 amide bonds. The van der Waals surface area contributed by atoms with Crippen LogP contribution in [0.2, 0.25) is 5.02 Å². The fourth-order valence-corrected chi connectivity index (χ4v) is 7.11. The number of ether oxygens (including phenoxy) is 1. The Morgan fingerprint density at radius 1 is 1.11 bits per heavy atom. The van der Waals surface area contributed by atoms with Crippen LogP contribution in [0.1, 0.15) is 34.9 Å². The molecule has 9 heteroatoms. The van der Waals surface area contributed by atoms with Gasteiger partial charge in [-0.3, -0.25) is 4.79 Å². The van der Waals surface area contributed by atoms with Crippen LogP contribution in [-0.4, -0.2) is 49.3 Å². The van der Waals surface area contributed by atoms with Crippen LogP contribution in [0.4, 0.5) is 0 Å². The van der Waals surface area contributed by atoms with Gasteiger partial charge in [0.1, 0.15) is 12.4 Å². The van der Waals surface area contributed by atoms with E-state index in [0.717, 1.165) is 36.1 Å². The topological polar surface area (TPSA) is 66.9 Å². The predicted molar refractivity (Wildman–Crippen MR) is 138 cm³/mol. The lowest BCUT2D eigenvalue weighted by atomic mass is 10.0. The van der Waals surface area contributed by atoms with E-state index in [-0.39, 0.29) is 29.4 Å². The number of halogens is 1. The van der Waals surface area contributed by atoms with E-state index in [1.807, 2.05) is 42.6 Å². The van der Waals surface area contributed by atoms with Crippen LogP contribution in [0.25, 0.3) is 0 Å². The van der Waals surface area contributed by atoms with Crippen LogP contribution >= 0.6 is 22.9 Å². The summed E-state index contributed by atoms with van der Waals surface area (Å²) in [4.78, 5) is 16.8. The third kappa shape index (κ3) is 5.26. The zero-order valence-corrected chi connectivity index (χ0v) is 21.8. The van der Waals surface area contributed by atoms with Gasteiger partial charge in [0.15, 0.2) is 0 Å². The fourth-order valence-electron chi connectivity index (χ4n) is 4.42. The minimum Gasteiger partial charge on any atom is -0.491 e. The number of thiophene rings is 1. The van der Waals surface area contributed by atoms with Crippen molar-refractivity contribution in [2.24, 2.45) is 0 Å². The first-order valence-electron chi connectivity index (χ1n) is 11.7. The highest BCUT2D eigenvalue weighted by molar-refractivity contribution is 7.89. The van der Waals surface area contributed by atoms with Gasteiger partial charge in [0.25, 0.3) is 0 Å². The number of carbonyl (C=O) groups is 1. The first kappa shape index (κ1) is 24.3.